The molecule has 0 radical (unpaired) electrons. The highest BCUT2D eigenvalue weighted by Crippen LogP contribution is 2.41. The van der Waals surface area contributed by atoms with Crippen LogP contribution in [0.5, 0.6) is 0 Å². The molecule has 0 saturated carbocycles. The monoisotopic (exact) mass is 391 g/mol. The predicted octanol–water partition coefficient (Wildman–Crippen LogP) is 7.05. The zero-order chi connectivity index (χ0) is 20.1. The van der Waals surface area contributed by atoms with Gasteiger partial charge in [-0.15, -0.1) is 6.58 Å². The van der Waals surface area contributed by atoms with Gasteiger partial charge in [0.2, 0.25) is 0 Å². The molecule has 0 fully saturated rings. The largest absolute Gasteiger partial charge is 0.369 e. The molecule has 0 aliphatic heterocycles. The van der Waals surface area contributed by atoms with E-state index in [-0.39, 0.29) is 11.5 Å². The zero-order valence-corrected chi connectivity index (χ0v) is 17.4. The molecule has 28 heavy (non-hydrogen) atoms. The molecule has 0 bridgehead atoms. The van der Waals surface area contributed by atoms with Gasteiger partial charge in [-0.2, -0.15) is 0 Å². The summed E-state index contributed by atoms with van der Waals surface area (Å²) in [6.45, 7) is 10.8. The van der Waals surface area contributed by atoms with E-state index < -0.39 is 0 Å². The number of rotatable bonds is 6. The highest BCUT2D eigenvalue weighted by atomic mass is 35.5. The fourth-order valence-electron chi connectivity index (χ4n) is 3.43. The molecule has 0 aliphatic rings. The molecule has 1 unspecified atom stereocenters. The average Bonchev–Trinajstić information content (AvgIpc) is 2.67. The van der Waals surface area contributed by atoms with Crippen molar-refractivity contribution in [1.82, 2.24) is 4.98 Å². The van der Waals surface area contributed by atoms with Crippen LogP contribution in [0.2, 0.25) is 5.02 Å². The van der Waals surface area contributed by atoms with E-state index in [1.54, 1.807) is 12.3 Å². The second-order valence-electron chi connectivity index (χ2n) is 7.90. The summed E-state index contributed by atoms with van der Waals surface area (Å²) in [5, 5.41) is 2.97. The summed E-state index contributed by atoms with van der Waals surface area (Å²) in [6.07, 6.45) is 7.38. The lowest BCUT2D eigenvalue weighted by Gasteiger charge is -2.33. The van der Waals surface area contributed by atoms with Gasteiger partial charge in [0, 0.05) is 23.0 Å². The van der Waals surface area contributed by atoms with Crippen LogP contribution in [0.3, 0.4) is 0 Å². The lowest BCUT2D eigenvalue weighted by atomic mass is 9.80. The number of aromatic nitrogens is 1. The van der Waals surface area contributed by atoms with Crippen LogP contribution in [0.1, 0.15) is 31.9 Å². The summed E-state index contributed by atoms with van der Waals surface area (Å²) in [4.78, 5) is 4.27. The molecule has 0 aliphatic carbocycles. The Kier molecular flexibility index (Phi) is 6.33. The molecule has 2 aromatic carbocycles. The van der Waals surface area contributed by atoms with Gasteiger partial charge < -0.3 is 4.74 Å². The summed E-state index contributed by atoms with van der Waals surface area (Å²) in [7, 11) is 0. The molecule has 3 rings (SSSR count). The van der Waals surface area contributed by atoms with Crippen LogP contribution in [0.4, 0.5) is 0 Å². The van der Waals surface area contributed by atoms with Crippen LogP contribution in [0, 0.1) is 5.41 Å². The molecule has 1 aromatic heterocycles. The van der Waals surface area contributed by atoms with Crippen molar-refractivity contribution in [2.45, 2.75) is 26.9 Å². The number of benzene rings is 2. The summed E-state index contributed by atoms with van der Waals surface area (Å²) in [5.74, 6) is 0. The normalized spacial score (nSPS) is 13.5. The van der Waals surface area contributed by atoms with Crippen molar-refractivity contribution in [3.05, 3.63) is 89.7 Å². The van der Waals surface area contributed by atoms with Crippen molar-refractivity contribution in [1.29, 1.82) is 0 Å². The van der Waals surface area contributed by atoms with Crippen molar-refractivity contribution in [2.75, 3.05) is 6.61 Å². The number of hydrogen-bond donors (Lipinski definition) is 0. The van der Waals surface area contributed by atoms with Crippen molar-refractivity contribution < 1.29 is 4.74 Å². The van der Waals surface area contributed by atoms with Crippen LogP contribution < -0.4 is 0 Å². The second kappa shape index (κ2) is 8.72. The summed E-state index contributed by atoms with van der Waals surface area (Å²) in [5.41, 5.74) is 2.92. The van der Waals surface area contributed by atoms with E-state index in [0.29, 0.717) is 11.6 Å². The van der Waals surface area contributed by atoms with Crippen LogP contribution >= 0.6 is 11.6 Å². The van der Waals surface area contributed by atoms with Gasteiger partial charge in [0.15, 0.2) is 0 Å². The third kappa shape index (κ3) is 4.52. The first kappa shape index (κ1) is 20.3. The fourth-order valence-corrected chi connectivity index (χ4v) is 3.70. The quantitative estimate of drug-likeness (QED) is 0.420. The Morgan fingerprint density at radius 1 is 1.14 bits per heavy atom. The van der Waals surface area contributed by atoms with Gasteiger partial charge in [0.1, 0.15) is 0 Å². The molecule has 1 heterocycles. The molecule has 3 heteroatoms. The van der Waals surface area contributed by atoms with E-state index in [4.69, 9.17) is 16.3 Å². The number of ether oxygens (including phenoxy) is 1. The lowest BCUT2D eigenvalue weighted by Crippen LogP contribution is -2.31. The first-order chi connectivity index (χ1) is 13.4. The summed E-state index contributed by atoms with van der Waals surface area (Å²) < 4.78 is 6.28. The van der Waals surface area contributed by atoms with Gasteiger partial charge in [-0.1, -0.05) is 74.8 Å². The standard InChI is InChI=1S/C25H26ClNO/c1-5-15-28-24(25(2,3)4)21(16-18-9-8-14-27-17-18)23-20-11-7-6-10-19(20)12-13-22(23)26/h5-14,16-17,24H,1,15H2,2-4H3/b21-16-. The second-order valence-corrected chi connectivity index (χ2v) is 8.30. The molecule has 2 nitrogen and oxygen atoms in total. The van der Waals surface area contributed by atoms with Gasteiger partial charge in [0.25, 0.3) is 0 Å². The number of halogens is 1. The van der Waals surface area contributed by atoms with Gasteiger partial charge in [-0.05, 0) is 45.5 Å². The maximum atomic E-state index is 6.76. The van der Waals surface area contributed by atoms with Crippen LogP contribution in [-0.2, 0) is 4.74 Å². The average molecular weight is 392 g/mol. The summed E-state index contributed by atoms with van der Waals surface area (Å²) in [6, 6.07) is 16.3. The topological polar surface area (TPSA) is 22.1 Å². The first-order valence-electron chi connectivity index (χ1n) is 9.43. The Labute approximate surface area is 172 Å². The third-order valence-corrected chi connectivity index (χ3v) is 4.94. The first-order valence-corrected chi connectivity index (χ1v) is 9.81. The highest BCUT2D eigenvalue weighted by molar-refractivity contribution is 6.34. The number of pyridine rings is 1. The minimum Gasteiger partial charge on any atom is -0.369 e. The van der Waals surface area contributed by atoms with E-state index in [9.17, 15) is 0 Å². The van der Waals surface area contributed by atoms with Crippen LogP contribution in [0.25, 0.3) is 22.4 Å². The van der Waals surface area contributed by atoms with Crippen LogP contribution in [-0.4, -0.2) is 17.7 Å². The number of fused-ring (bicyclic) bond motifs is 1. The van der Waals surface area contributed by atoms with Crippen molar-refractivity contribution in [3.63, 3.8) is 0 Å². The highest BCUT2D eigenvalue weighted by Gasteiger charge is 2.31. The van der Waals surface area contributed by atoms with E-state index in [2.05, 4.69) is 56.6 Å². The molecule has 0 spiro atoms. The molecular weight excluding hydrogens is 366 g/mol. The number of hydrogen-bond acceptors (Lipinski definition) is 2. The smallest absolute Gasteiger partial charge is 0.0884 e. The molecule has 0 amide bonds. The third-order valence-electron chi connectivity index (χ3n) is 4.62. The predicted molar refractivity (Wildman–Crippen MR) is 120 cm³/mol. The van der Waals surface area contributed by atoms with Gasteiger partial charge in [0.05, 0.1) is 12.7 Å². The Morgan fingerprint density at radius 2 is 1.93 bits per heavy atom. The molecule has 144 valence electrons. The minimum atomic E-state index is -0.172. The van der Waals surface area contributed by atoms with E-state index >= 15 is 0 Å². The Balaban J connectivity index is 2.30. The van der Waals surface area contributed by atoms with Crippen molar-refractivity contribution in [2.24, 2.45) is 5.41 Å². The van der Waals surface area contributed by atoms with E-state index in [1.807, 2.05) is 36.5 Å². The van der Waals surface area contributed by atoms with Crippen LogP contribution in [0.15, 0.2) is 73.6 Å². The maximum absolute atomic E-state index is 6.76. The van der Waals surface area contributed by atoms with Crippen molar-refractivity contribution >= 4 is 34.0 Å². The molecular formula is C25H26ClNO. The van der Waals surface area contributed by atoms with E-state index in [1.165, 1.54) is 0 Å². The van der Waals surface area contributed by atoms with Gasteiger partial charge in [-0.3, -0.25) is 4.98 Å². The maximum Gasteiger partial charge on any atom is 0.0884 e. The number of nitrogens with zero attached hydrogens (tertiary/aromatic N) is 1. The van der Waals surface area contributed by atoms with Crippen molar-refractivity contribution in [3.8, 4) is 0 Å². The molecule has 3 aromatic rings. The SMILES string of the molecule is C=CCOC(/C(=C\c1cccnc1)c1c(Cl)ccc2ccccc12)C(C)(C)C. The Bertz CT molecular complexity index is 986. The molecule has 0 saturated heterocycles. The van der Waals surface area contributed by atoms with Gasteiger partial charge >= 0.3 is 0 Å². The van der Waals surface area contributed by atoms with E-state index in [0.717, 1.165) is 27.5 Å². The molecule has 1 atom stereocenters. The minimum absolute atomic E-state index is 0.142. The summed E-state index contributed by atoms with van der Waals surface area (Å²) >= 11 is 6.76. The zero-order valence-electron chi connectivity index (χ0n) is 16.7. The fraction of sp³-hybridized carbons (Fsp3) is 0.240. The molecule has 0 N–H and O–H groups in total. The van der Waals surface area contributed by atoms with Gasteiger partial charge in [-0.25, -0.2) is 0 Å². The lowest BCUT2D eigenvalue weighted by molar-refractivity contribution is 0.0392. The Hall–Kier alpha value is -2.42. The Morgan fingerprint density at radius 3 is 2.61 bits per heavy atom.